The normalized spacial score (nSPS) is 17.8. The lowest BCUT2D eigenvalue weighted by Crippen LogP contribution is -2.38. The topological polar surface area (TPSA) is 70.7 Å². The van der Waals surface area contributed by atoms with Gasteiger partial charge in [-0.2, -0.15) is 4.99 Å². The first-order valence-corrected chi connectivity index (χ1v) is 8.71. The quantitative estimate of drug-likeness (QED) is 0.827. The van der Waals surface area contributed by atoms with Crippen LogP contribution in [0.4, 0.5) is 0 Å². The largest absolute Gasteiger partial charge is 0.376 e. The van der Waals surface area contributed by atoms with Crippen LogP contribution in [-0.2, 0) is 9.63 Å². The van der Waals surface area contributed by atoms with E-state index in [4.69, 9.17) is 10.2 Å². The van der Waals surface area contributed by atoms with Gasteiger partial charge < -0.3 is 9.40 Å². The maximum Gasteiger partial charge on any atom is 0.282 e. The fourth-order valence-electron chi connectivity index (χ4n) is 3.38. The Morgan fingerprint density at radius 1 is 1.11 bits per heavy atom. The van der Waals surface area contributed by atoms with Gasteiger partial charge in [0.2, 0.25) is 0 Å². The van der Waals surface area contributed by atoms with E-state index in [1.807, 2.05) is 19.9 Å². The van der Waals surface area contributed by atoms with Gasteiger partial charge in [-0.3, -0.25) is 10.2 Å². The average molecular weight is 360 g/mol. The summed E-state index contributed by atoms with van der Waals surface area (Å²) in [5, 5.41) is 9.63. The molecule has 6 heteroatoms. The first-order chi connectivity index (χ1) is 12.8. The Bertz CT molecular complexity index is 1070. The molecule has 1 amide bonds. The molecule has 0 saturated carbocycles. The van der Waals surface area contributed by atoms with E-state index < -0.39 is 5.91 Å². The molecular formula is C21H20N4O2. The summed E-state index contributed by atoms with van der Waals surface area (Å²) >= 11 is 0. The van der Waals surface area contributed by atoms with Gasteiger partial charge in [-0.1, -0.05) is 17.7 Å². The van der Waals surface area contributed by atoms with Gasteiger partial charge in [0, 0.05) is 23.2 Å². The first-order valence-electron chi connectivity index (χ1n) is 8.71. The minimum atomic E-state index is -0.430. The standard InChI is InChI=1S/C21H20N4O2/c1-12-5-7-17(8-6-12)24-13(2)9-16(15(24)4)11-18-20(22)25-19(23-21(18)26)10-14(3)27-25/h5-11,22H,1-4H3/b18-11-,22-20?. The van der Waals surface area contributed by atoms with E-state index >= 15 is 0 Å². The van der Waals surface area contributed by atoms with Crippen LogP contribution >= 0.6 is 0 Å². The van der Waals surface area contributed by atoms with E-state index in [-0.39, 0.29) is 11.4 Å². The second-order valence-corrected chi connectivity index (χ2v) is 6.82. The Hall–Kier alpha value is -3.41. The van der Waals surface area contributed by atoms with Gasteiger partial charge >= 0.3 is 0 Å². The molecule has 0 atom stereocenters. The number of hydroxylamine groups is 2. The van der Waals surface area contributed by atoms with Crippen LogP contribution in [0.15, 0.2) is 52.7 Å². The van der Waals surface area contributed by atoms with Crippen LogP contribution in [0, 0.1) is 26.2 Å². The zero-order valence-electron chi connectivity index (χ0n) is 15.7. The molecule has 0 aliphatic carbocycles. The highest BCUT2D eigenvalue weighted by Gasteiger charge is 2.34. The maximum atomic E-state index is 12.5. The Kier molecular flexibility index (Phi) is 3.84. The van der Waals surface area contributed by atoms with Gasteiger partial charge in [0.15, 0.2) is 11.7 Å². The summed E-state index contributed by atoms with van der Waals surface area (Å²) in [7, 11) is 0. The van der Waals surface area contributed by atoms with Gasteiger partial charge in [-0.15, -0.1) is 5.06 Å². The van der Waals surface area contributed by atoms with E-state index in [0.717, 1.165) is 22.6 Å². The molecule has 0 radical (unpaired) electrons. The Balaban J connectivity index is 1.75. The molecule has 1 aromatic heterocycles. The third-order valence-electron chi connectivity index (χ3n) is 4.74. The lowest BCUT2D eigenvalue weighted by Gasteiger charge is -2.22. The fraction of sp³-hybridized carbons (Fsp3) is 0.190. The van der Waals surface area contributed by atoms with Gasteiger partial charge in [-0.05, 0) is 57.5 Å². The second-order valence-electron chi connectivity index (χ2n) is 6.82. The van der Waals surface area contributed by atoms with Gasteiger partial charge in [0.1, 0.15) is 5.76 Å². The number of nitrogens with zero attached hydrogens (tertiary/aromatic N) is 3. The molecule has 0 unspecified atom stereocenters. The van der Waals surface area contributed by atoms with E-state index in [9.17, 15) is 4.79 Å². The summed E-state index contributed by atoms with van der Waals surface area (Å²) in [4.78, 5) is 22.0. The number of hydrogen-bond acceptors (Lipinski definition) is 3. The van der Waals surface area contributed by atoms with Gasteiger partial charge in [0.05, 0.1) is 5.57 Å². The van der Waals surface area contributed by atoms with Crippen LogP contribution in [0.3, 0.4) is 0 Å². The predicted octanol–water partition coefficient (Wildman–Crippen LogP) is 3.85. The number of rotatable bonds is 2. The van der Waals surface area contributed by atoms with Crippen molar-refractivity contribution in [1.29, 1.82) is 5.41 Å². The number of aromatic nitrogens is 1. The molecule has 0 fully saturated rings. The van der Waals surface area contributed by atoms with Crippen LogP contribution in [0.1, 0.15) is 29.4 Å². The van der Waals surface area contributed by atoms with Crippen LogP contribution in [0.2, 0.25) is 0 Å². The minimum absolute atomic E-state index is 0.00163. The van der Waals surface area contributed by atoms with Crippen molar-refractivity contribution < 1.29 is 9.63 Å². The van der Waals surface area contributed by atoms with Crippen molar-refractivity contribution in [2.45, 2.75) is 27.7 Å². The van der Waals surface area contributed by atoms with Gasteiger partial charge in [0.25, 0.3) is 5.91 Å². The number of allylic oxidation sites excluding steroid dienone is 1. The zero-order chi connectivity index (χ0) is 19.3. The molecule has 1 N–H and O–H groups in total. The Morgan fingerprint density at radius 3 is 2.52 bits per heavy atom. The molecule has 0 saturated heterocycles. The number of carbonyl (C=O) groups excluding carboxylic acids is 1. The molecule has 0 bridgehead atoms. The summed E-state index contributed by atoms with van der Waals surface area (Å²) < 4.78 is 2.13. The van der Waals surface area contributed by atoms with Crippen LogP contribution in [0.5, 0.6) is 0 Å². The van der Waals surface area contributed by atoms with Crippen molar-refractivity contribution in [2.24, 2.45) is 4.99 Å². The molecule has 2 aliphatic rings. The lowest BCUT2D eigenvalue weighted by molar-refractivity contribution is -0.114. The molecular weight excluding hydrogens is 340 g/mol. The molecule has 27 heavy (non-hydrogen) atoms. The Morgan fingerprint density at radius 2 is 1.81 bits per heavy atom. The predicted molar refractivity (Wildman–Crippen MR) is 105 cm³/mol. The number of aliphatic imine (C=N–C) groups is 1. The number of fused-ring (bicyclic) bond motifs is 1. The van der Waals surface area contributed by atoms with E-state index in [1.165, 1.54) is 10.6 Å². The highest BCUT2D eigenvalue weighted by molar-refractivity contribution is 6.32. The smallest absolute Gasteiger partial charge is 0.282 e. The molecule has 3 heterocycles. The van der Waals surface area contributed by atoms with E-state index in [0.29, 0.717) is 11.6 Å². The zero-order valence-corrected chi connectivity index (χ0v) is 15.7. The van der Waals surface area contributed by atoms with E-state index in [1.54, 1.807) is 19.1 Å². The summed E-state index contributed by atoms with van der Waals surface area (Å²) in [6.07, 6.45) is 3.36. The molecule has 1 aromatic carbocycles. The second kappa shape index (κ2) is 6.09. The van der Waals surface area contributed by atoms with Crippen molar-refractivity contribution in [3.63, 3.8) is 0 Å². The summed E-state index contributed by atoms with van der Waals surface area (Å²) in [5.41, 5.74) is 5.41. The fourth-order valence-corrected chi connectivity index (χ4v) is 3.38. The van der Waals surface area contributed by atoms with Gasteiger partial charge in [-0.25, -0.2) is 0 Å². The van der Waals surface area contributed by atoms with E-state index in [2.05, 4.69) is 40.7 Å². The summed E-state index contributed by atoms with van der Waals surface area (Å²) in [6.45, 7) is 7.84. The molecule has 4 rings (SSSR count). The average Bonchev–Trinajstić information content (AvgIpc) is 3.12. The molecule has 2 aromatic rings. The van der Waals surface area contributed by atoms with Crippen molar-refractivity contribution >= 4 is 23.7 Å². The SMILES string of the molecule is CC1=CC2=NC(=O)/C(=C\c3cc(C)n(-c4ccc(C)cc4)c3C)C(=N)N2O1. The number of carbonyl (C=O) groups is 1. The molecule has 6 nitrogen and oxygen atoms in total. The number of amides is 1. The first kappa shape index (κ1) is 17.0. The monoisotopic (exact) mass is 360 g/mol. The highest BCUT2D eigenvalue weighted by Crippen LogP contribution is 2.27. The molecule has 136 valence electrons. The third kappa shape index (κ3) is 2.79. The molecule has 2 aliphatic heterocycles. The third-order valence-corrected chi connectivity index (χ3v) is 4.74. The number of amidine groups is 2. The van der Waals surface area contributed by atoms with Crippen molar-refractivity contribution in [3.8, 4) is 5.69 Å². The number of nitrogens with one attached hydrogen (secondary N) is 1. The molecule has 0 spiro atoms. The minimum Gasteiger partial charge on any atom is -0.376 e. The summed E-state index contributed by atoms with van der Waals surface area (Å²) in [6, 6.07) is 10.3. The van der Waals surface area contributed by atoms with Crippen molar-refractivity contribution in [2.75, 3.05) is 0 Å². The van der Waals surface area contributed by atoms with Crippen LogP contribution < -0.4 is 0 Å². The Labute approximate surface area is 157 Å². The lowest BCUT2D eigenvalue weighted by atomic mass is 10.1. The maximum absolute atomic E-state index is 12.5. The van der Waals surface area contributed by atoms with Crippen LogP contribution in [0.25, 0.3) is 11.8 Å². The van der Waals surface area contributed by atoms with Crippen molar-refractivity contribution in [3.05, 3.63) is 70.3 Å². The van der Waals surface area contributed by atoms with Crippen molar-refractivity contribution in [1.82, 2.24) is 9.63 Å². The number of hydrogen-bond donors (Lipinski definition) is 1. The van der Waals surface area contributed by atoms with Crippen LogP contribution in [-0.4, -0.2) is 27.2 Å². The number of aryl methyl sites for hydroxylation is 2. The highest BCUT2D eigenvalue weighted by atomic mass is 16.7. The summed E-state index contributed by atoms with van der Waals surface area (Å²) in [5.74, 6) is 0.522. The number of benzene rings is 1.